The fraction of sp³-hybridized carbons (Fsp3) is 1.00. The number of aliphatic hydroxyl groups excluding tert-OH is 1. The van der Waals surface area contributed by atoms with Crippen LogP contribution in [0.25, 0.3) is 0 Å². The van der Waals surface area contributed by atoms with Crippen molar-refractivity contribution in [3.8, 4) is 0 Å². The fourth-order valence-corrected chi connectivity index (χ4v) is 1.30. The monoisotopic (exact) mass is 113 g/mol. The van der Waals surface area contributed by atoms with Crippen molar-refractivity contribution in [2.24, 2.45) is 5.92 Å². The minimum absolute atomic E-state index is 0.0255. The highest BCUT2D eigenvalue weighted by molar-refractivity contribution is 4.98. The minimum atomic E-state index is -0.0255. The van der Waals surface area contributed by atoms with Crippen LogP contribution in [0.2, 0.25) is 0 Å². The topological polar surface area (TPSA) is 32.3 Å². The molecule has 2 N–H and O–H groups in total. The van der Waals surface area contributed by atoms with Crippen molar-refractivity contribution in [2.75, 3.05) is 6.54 Å². The number of aliphatic hydroxyl groups is 1. The Labute approximate surface area is 48.9 Å². The van der Waals surface area contributed by atoms with E-state index in [-0.39, 0.29) is 6.10 Å². The molecule has 0 aromatic heterocycles. The van der Waals surface area contributed by atoms with Crippen LogP contribution < -0.4 is 5.32 Å². The molecule has 0 radical (unpaired) electrons. The van der Waals surface area contributed by atoms with Gasteiger partial charge in [0.25, 0.3) is 0 Å². The van der Waals surface area contributed by atoms with E-state index < -0.39 is 0 Å². The maximum atomic E-state index is 9.06. The molecule has 1 saturated carbocycles. The van der Waals surface area contributed by atoms with E-state index in [4.69, 9.17) is 5.11 Å². The van der Waals surface area contributed by atoms with Crippen LogP contribution >= 0.6 is 0 Å². The van der Waals surface area contributed by atoms with E-state index in [1.165, 1.54) is 12.8 Å². The van der Waals surface area contributed by atoms with Gasteiger partial charge in [-0.1, -0.05) is 0 Å². The molecular formula is C6H11NO. The van der Waals surface area contributed by atoms with E-state index in [1.807, 2.05) is 0 Å². The van der Waals surface area contributed by atoms with E-state index in [0.717, 1.165) is 12.5 Å². The summed E-state index contributed by atoms with van der Waals surface area (Å²) in [6.45, 7) is 0.821. The minimum Gasteiger partial charge on any atom is -0.390 e. The SMILES string of the molecule is O[C@@H]1CN[C@H]1C1CC1. The smallest absolute Gasteiger partial charge is 0.0820 e. The van der Waals surface area contributed by atoms with Crippen molar-refractivity contribution in [3.05, 3.63) is 0 Å². The average Bonchev–Trinajstić information content (AvgIpc) is 2.46. The predicted molar refractivity (Wildman–Crippen MR) is 30.5 cm³/mol. The number of β-amino-alcohol motifs (C(OH)–C–C–N with tert-alkyl or cyclic N) is 1. The number of rotatable bonds is 1. The van der Waals surface area contributed by atoms with E-state index in [1.54, 1.807) is 0 Å². The fourth-order valence-electron chi connectivity index (χ4n) is 1.30. The molecule has 0 aromatic carbocycles. The van der Waals surface area contributed by atoms with Gasteiger partial charge in [-0.05, 0) is 18.8 Å². The lowest BCUT2D eigenvalue weighted by Gasteiger charge is -2.34. The number of hydrogen-bond acceptors (Lipinski definition) is 2. The molecule has 8 heavy (non-hydrogen) atoms. The molecule has 0 unspecified atom stereocenters. The highest BCUT2D eigenvalue weighted by atomic mass is 16.3. The van der Waals surface area contributed by atoms with Crippen LogP contribution in [0.15, 0.2) is 0 Å². The molecule has 0 bridgehead atoms. The van der Waals surface area contributed by atoms with Gasteiger partial charge in [0.05, 0.1) is 6.10 Å². The van der Waals surface area contributed by atoms with Gasteiger partial charge in [-0.25, -0.2) is 0 Å². The van der Waals surface area contributed by atoms with Crippen LogP contribution in [0.3, 0.4) is 0 Å². The summed E-state index contributed by atoms with van der Waals surface area (Å²) < 4.78 is 0. The quantitative estimate of drug-likeness (QED) is 0.490. The highest BCUT2D eigenvalue weighted by Gasteiger charge is 2.40. The van der Waals surface area contributed by atoms with Gasteiger partial charge in [-0.2, -0.15) is 0 Å². The first-order valence-electron chi connectivity index (χ1n) is 3.29. The lowest BCUT2D eigenvalue weighted by atomic mass is 9.99. The Bertz CT molecular complexity index is 98.7. The van der Waals surface area contributed by atoms with Gasteiger partial charge in [-0.15, -0.1) is 0 Å². The zero-order valence-electron chi connectivity index (χ0n) is 4.80. The molecule has 0 amide bonds. The molecule has 1 heterocycles. The Balaban J connectivity index is 1.87. The molecule has 1 saturated heterocycles. The molecule has 46 valence electrons. The highest BCUT2D eigenvalue weighted by Crippen LogP contribution is 2.36. The Morgan fingerprint density at radius 2 is 2.12 bits per heavy atom. The average molecular weight is 113 g/mol. The third-order valence-electron chi connectivity index (χ3n) is 2.11. The molecule has 1 aliphatic carbocycles. The second kappa shape index (κ2) is 1.45. The Hall–Kier alpha value is -0.0800. The van der Waals surface area contributed by atoms with Gasteiger partial charge in [0, 0.05) is 12.6 Å². The first-order valence-corrected chi connectivity index (χ1v) is 3.29. The summed E-state index contributed by atoms with van der Waals surface area (Å²) in [5, 5.41) is 12.3. The van der Waals surface area contributed by atoms with Crippen LogP contribution in [0.1, 0.15) is 12.8 Å². The summed E-state index contributed by atoms with van der Waals surface area (Å²) in [4.78, 5) is 0. The van der Waals surface area contributed by atoms with Crippen molar-refractivity contribution in [2.45, 2.75) is 25.0 Å². The van der Waals surface area contributed by atoms with E-state index in [0.29, 0.717) is 6.04 Å². The summed E-state index contributed by atoms with van der Waals surface area (Å²) in [6, 6.07) is 0.468. The second-order valence-corrected chi connectivity index (χ2v) is 2.84. The Morgan fingerprint density at radius 3 is 2.25 bits per heavy atom. The standard InChI is InChI=1S/C6H11NO/c8-5-3-7-6(5)4-1-2-4/h4-8H,1-3H2/t5-,6+/m1/s1. The molecule has 2 rings (SSSR count). The molecular weight excluding hydrogens is 102 g/mol. The van der Waals surface area contributed by atoms with Crippen LogP contribution in [0, 0.1) is 5.92 Å². The summed E-state index contributed by atoms with van der Waals surface area (Å²) in [7, 11) is 0. The summed E-state index contributed by atoms with van der Waals surface area (Å²) in [5.41, 5.74) is 0. The summed E-state index contributed by atoms with van der Waals surface area (Å²) in [6.07, 6.45) is 2.63. The van der Waals surface area contributed by atoms with Crippen molar-refractivity contribution in [3.63, 3.8) is 0 Å². The number of nitrogens with one attached hydrogen (secondary N) is 1. The molecule has 2 heteroatoms. The van der Waals surface area contributed by atoms with Gasteiger partial charge in [0.2, 0.25) is 0 Å². The normalized spacial score (nSPS) is 46.1. The van der Waals surface area contributed by atoms with Crippen LogP contribution in [-0.4, -0.2) is 23.8 Å². The molecule has 1 aliphatic heterocycles. The van der Waals surface area contributed by atoms with Gasteiger partial charge in [0.15, 0.2) is 0 Å². The van der Waals surface area contributed by atoms with Crippen LogP contribution in [-0.2, 0) is 0 Å². The van der Waals surface area contributed by atoms with Crippen molar-refractivity contribution >= 4 is 0 Å². The number of hydrogen-bond donors (Lipinski definition) is 2. The molecule has 2 nitrogen and oxygen atoms in total. The lowest BCUT2D eigenvalue weighted by molar-refractivity contribution is 0.0506. The van der Waals surface area contributed by atoms with Gasteiger partial charge in [-0.3, -0.25) is 0 Å². The third-order valence-corrected chi connectivity index (χ3v) is 2.11. The largest absolute Gasteiger partial charge is 0.390 e. The maximum absolute atomic E-state index is 9.06. The third kappa shape index (κ3) is 0.565. The molecule has 0 spiro atoms. The summed E-state index contributed by atoms with van der Waals surface area (Å²) in [5.74, 6) is 0.818. The zero-order valence-corrected chi connectivity index (χ0v) is 4.80. The van der Waals surface area contributed by atoms with E-state index >= 15 is 0 Å². The van der Waals surface area contributed by atoms with Crippen LogP contribution in [0.5, 0.6) is 0 Å². The van der Waals surface area contributed by atoms with Gasteiger partial charge in [0.1, 0.15) is 0 Å². The Kier molecular flexibility index (Phi) is 0.866. The zero-order chi connectivity index (χ0) is 5.56. The van der Waals surface area contributed by atoms with E-state index in [2.05, 4.69) is 5.32 Å². The maximum Gasteiger partial charge on any atom is 0.0820 e. The predicted octanol–water partition coefficient (Wildman–Crippen LogP) is -0.271. The van der Waals surface area contributed by atoms with Crippen molar-refractivity contribution in [1.82, 2.24) is 5.32 Å². The molecule has 2 atom stereocenters. The Morgan fingerprint density at radius 1 is 1.38 bits per heavy atom. The first kappa shape index (κ1) is 4.77. The second-order valence-electron chi connectivity index (χ2n) is 2.84. The molecule has 0 aromatic rings. The summed E-state index contributed by atoms with van der Waals surface area (Å²) >= 11 is 0. The van der Waals surface area contributed by atoms with Crippen molar-refractivity contribution in [1.29, 1.82) is 0 Å². The lowest BCUT2D eigenvalue weighted by Crippen LogP contribution is -2.58. The molecule has 2 aliphatic rings. The first-order chi connectivity index (χ1) is 3.88. The van der Waals surface area contributed by atoms with Crippen LogP contribution in [0.4, 0.5) is 0 Å². The van der Waals surface area contributed by atoms with Gasteiger partial charge >= 0.3 is 0 Å². The van der Waals surface area contributed by atoms with Crippen molar-refractivity contribution < 1.29 is 5.11 Å². The van der Waals surface area contributed by atoms with Gasteiger partial charge < -0.3 is 10.4 Å². The molecule has 2 fully saturated rings. The van der Waals surface area contributed by atoms with E-state index in [9.17, 15) is 0 Å².